The van der Waals surface area contributed by atoms with Gasteiger partial charge >= 0.3 is 0 Å². The van der Waals surface area contributed by atoms with Gasteiger partial charge in [-0.25, -0.2) is 8.78 Å². The summed E-state index contributed by atoms with van der Waals surface area (Å²) in [5, 5.41) is 8.90. The van der Waals surface area contributed by atoms with Gasteiger partial charge in [0, 0.05) is 5.92 Å². The predicted octanol–water partition coefficient (Wildman–Crippen LogP) is 8.05. The van der Waals surface area contributed by atoms with E-state index in [9.17, 15) is 8.78 Å². The highest BCUT2D eigenvalue weighted by atomic mass is 19.1. The second-order valence-electron chi connectivity index (χ2n) is 9.65. The van der Waals surface area contributed by atoms with E-state index in [1.165, 1.54) is 55.4 Å². The van der Waals surface area contributed by atoms with Crippen LogP contribution in [0.1, 0.15) is 74.5 Å². The van der Waals surface area contributed by atoms with Crippen LogP contribution in [0.5, 0.6) is 0 Å². The average molecular weight is 432 g/mol. The summed E-state index contributed by atoms with van der Waals surface area (Å²) < 4.78 is 28.2. The Morgan fingerprint density at radius 2 is 1.69 bits per heavy atom. The fourth-order valence-electron chi connectivity index (χ4n) is 5.58. The summed E-state index contributed by atoms with van der Waals surface area (Å²) in [4.78, 5) is 0. The van der Waals surface area contributed by atoms with Crippen LogP contribution in [-0.4, -0.2) is 0 Å². The smallest absolute Gasteiger partial charge is 0.144 e. The van der Waals surface area contributed by atoms with Crippen LogP contribution < -0.4 is 0 Å². The van der Waals surface area contributed by atoms with Crippen molar-refractivity contribution in [2.24, 2.45) is 17.8 Å². The number of benzene rings is 2. The molecule has 0 bridgehead atoms. The number of allylic oxidation sites excluding steroid dienone is 4. The number of hydrogen-bond acceptors (Lipinski definition) is 1. The highest BCUT2D eigenvalue weighted by molar-refractivity contribution is 5.41. The molecule has 2 aromatic carbocycles. The molecule has 3 atom stereocenters. The number of nitriles is 1. The van der Waals surface area contributed by atoms with Gasteiger partial charge < -0.3 is 0 Å². The third kappa shape index (κ3) is 4.85. The Labute approximate surface area is 190 Å². The molecule has 0 spiro atoms. The topological polar surface area (TPSA) is 23.8 Å². The predicted molar refractivity (Wildman–Crippen MR) is 125 cm³/mol. The molecule has 0 heterocycles. The molecule has 1 unspecified atom stereocenters. The quantitative estimate of drug-likeness (QED) is 0.470. The first-order chi connectivity index (χ1) is 15.5. The first kappa shape index (κ1) is 22.5. The monoisotopic (exact) mass is 431 g/mol. The molecule has 4 rings (SSSR count). The standard InChI is InChI=1S/C29H31F2N/c1-19(22-6-4-3-5-7-22)14-21-8-10-23(11-9-21)24-12-13-26(20(2)15-24)25-16-28(30)27(18-32)29(31)17-25/h3-7,12-13,15-17,19-21,23,26H,8-11,14H2,1-2H3/t19-,20-,21?,23?,26?/m0/s1. The van der Waals surface area contributed by atoms with Gasteiger partial charge in [0.15, 0.2) is 0 Å². The van der Waals surface area contributed by atoms with E-state index in [0.29, 0.717) is 17.4 Å². The Bertz CT molecular complexity index is 1020. The molecule has 1 nitrogen and oxygen atoms in total. The van der Waals surface area contributed by atoms with E-state index < -0.39 is 17.2 Å². The molecule has 166 valence electrons. The van der Waals surface area contributed by atoms with Gasteiger partial charge in [-0.1, -0.05) is 62.4 Å². The maximum absolute atomic E-state index is 14.1. The van der Waals surface area contributed by atoms with Crippen molar-refractivity contribution < 1.29 is 8.78 Å². The second kappa shape index (κ2) is 9.82. The van der Waals surface area contributed by atoms with Crippen LogP contribution in [0.4, 0.5) is 8.78 Å². The molecule has 0 N–H and O–H groups in total. The van der Waals surface area contributed by atoms with Crippen LogP contribution in [-0.2, 0) is 0 Å². The van der Waals surface area contributed by atoms with E-state index in [2.05, 4.69) is 62.4 Å². The van der Waals surface area contributed by atoms with Gasteiger partial charge in [0.2, 0.25) is 0 Å². The molecule has 0 radical (unpaired) electrons. The molecule has 0 aliphatic heterocycles. The zero-order valence-electron chi connectivity index (χ0n) is 18.9. The van der Waals surface area contributed by atoms with Gasteiger partial charge in [-0.15, -0.1) is 0 Å². The molecule has 0 saturated heterocycles. The van der Waals surface area contributed by atoms with E-state index in [-0.39, 0.29) is 11.8 Å². The Balaban J connectivity index is 1.36. The summed E-state index contributed by atoms with van der Waals surface area (Å²) in [7, 11) is 0. The Hall–Kier alpha value is -2.73. The van der Waals surface area contributed by atoms with Gasteiger partial charge in [0.25, 0.3) is 0 Å². The number of nitrogens with zero attached hydrogens (tertiary/aromatic N) is 1. The largest absolute Gasteiger partial charge is 0.205 e. The molecule has 32 heavy (non-hydrogen) atoms. The van der Waals surface area contributed by atoms with Gasteiger partial charge in [0.1, 0.15) is 23.3 Å². The zero-order valence-corrected chi connectivity index (χ0v) is 18.9. The average Bonchev–Trinajstić information content (AvgIpc) is 2.80. The van der Waals surface area contributed by atoms with E-state index in [0.717, 1.165) is 5.92 Å². The number of rotatable bonds is 5. The van der Waals surface area contributed by atoms with E-state index in [1.807, 2.05) is 0 Å². The summed E-state index contributed by atoms with van der Waals surface area (Å²) in [6, 6.07) is 15.0. The van der Waals surface area contributed by atoms with Crippen LogP contribution in [0.15, 0.2) is 66.3 Å². The maximum atomic E-state index is 14.1. The minimum atomic E-state index is -0.777. The lowest BCUT2D eigenvalue weighted by molar-refractivity contribution is 0.278. The summed E-state index contributed by atoms with van der Waals surface area (Å²) in [5.74, 6) is 0.496. The zero-order chi connectivity index (χ0) is 22.7. The van der Waals surface area contributed by atoms with E-state index >= 15 is 0 Å². The highest BCUT2D eigenvalue weighted by Gasteiger charge is 2.28. The molecule has 1 saturated carbocycles. The first-order valence-electron chi connectivity index (χ1n) is 11.8. The summed E-state index contributed by atoms with van der Waals surface area (Å²) >= 11 is 0. The lowest BCUT2D eigenvalue weighted by atomic mass is 9.72. The Kier molecular flexibility index (Phi) is 6.89. The molecule has 2 aromatic rings. The third-order valence-electron chi connectivity index (χ3n) is 7.45. The third-order valence-corrected chi connectivity index (χ3v) is 7.45. The molecule has 0 amide bonds. The Morgan fingerprint density at radius 3 is 2.28 bits per heavy atom. The minimum Gasteiger partial charge on any atom is -0.205 e. The lowest BCUT2D eigenvalue weighted by Gasteiger charge is -2.33. The van der Waals surface area contributed by atoms with Gasteiger partial charge in [0.05, 0.1) is 0 Å². The van der Waals surface area contributed by atoms with E-state index in [1.54, 1.807) is 6.07 Å². The molecular formula is C29H31F2N. The molecule has 1 fully saturated rings. The highest BCUT2D eigenvalue weighted by Crippen LogP contribution is 2.41. The number of halogens is 2. The molecular weight excluding hydrogens is 400 g/mol. The molecule has 2 aliphatic rings. The van der Waals surface area contributed by atoms with E-state index in [4.69, 9.17) is 5.26 Å². The van der Waals surface area contributed by atoms with Crippen molar-refractivity contribution in [2.45, 2.75) is 57.8 Å². The van der Waals surface area contributed by atoms with Gasteiger partial charge in [-0.3, -0.25) is 0 Å². The van der Waals surface area contributed by atoms with Crippen molar-refractivity contribution >= 4 is 0 Å². The van der Waals surface area contributed by atoms with Gasteiger partial charge in [-0.2, -0.15) is 5.26 Å². The summed E-state index contributed by atoms with van der Waals surface area (Å²) in [6.07, 6.45) is 12.7. The number of hydrogen-bond donors (Lipinski definition) is 0. The lowest BCUT2D eigenvalue weighted by Crippen LogP contribution is -2.19. The van der Waals surface area contributed by atoms with Crippen LogP contribution >= 0.6 is 0 Å². The fraction of sp³-hybridized carbons (Fsp3) is 0.414. The summed E-state index contributed by atoms with van der Waals surface area (Å²) in [6.45, 7) is 4.44. The fourth-order valence-corrected chi connectivity index (χ4v) is 5.58. The minimum absolute atomic E-state index is 0.0708. The van der Waals surface area contributed by atoms with Crippen LogP contribution in [0.25, 0.3) is 0 Å². The first-order valence-corrected chi connectivity index (χ1v) is 11.8. The molecule has 0 aromatic heterocycles. The maximum Gasteiger partial charge on any atom is 0.144 e. The van der Waals surface area contributed by atoms with Crippen molar-refractivity contribution in [3.8, 4) is 6.07 Å². The SMILES string of the molecule is C[C@@H](CC1CCC(C2=C[C@H](C)C(c3cc(F)c(C#N)c(F)c3)C=C2)CC1)c1ccccc1. The van der Waals surface area contributed by atoms with Crippen molar-refractivity contribution in [2.75, 3.05) is 0 Å². The molecule has 2 aliphatic carbocycles. The Morgan fingerprint density at radius 1 is 1.03 bits per heavy atom. The van der Waals surface area contributed by atoms with Gasteiger partial charge in [-0.05, 0) is 84.6 Å². The van der Waals surface area contributed by atoms with Crippen LogP contribution in [0.2, 0.25) is 0 Å². The van der Waals surface area contributed by atoms with Crippen molar-refractivity contribution in [3.05, 3.63) is 94.6 Å². The second-order valence-corrected chi connectivity index (χ2v) is 9.65. The van der Waals surface area contributed by atoms with Crippen LogP contribution in [0, 0.1) is 40.7 Å². The molecule has 3 heteroatoms. The van der Waals surface area contributed by atoms with Crippen molar-refractivity contribution in [1.82, 2.24) is 0 Å². The normalized spacial score (nSPS) is 26.3. The van der Waals surface area contributed by atoms with Crippen molar-refractivity contribution in [1.29, 1.82) is 5.26 Å². The van der Waals surface area contributed by atoms with Crippen LogP contribution in [0.3, 0.4) is 0 Å². The van der Waals surface area contributed by atoms with Crippen molar-refractivity contribution in [3.63, 3.8) is 0 Å². The summed E-state index contributed by atoms with van der Waals surface area (Å²) in [5.41, 5.74) is 2.90.